The van der Waals surface area contributed by atoms with Gasteiger partial charge in [0.25, 0.3) is 0 Å². The van der Waals surface area contributed by atoms with E-state index in [1.807, 2.05) is 29.8 Å². The Bertz CT molecular complexity index is 544. The molecule has 0 saturated heterocycles. The second-order valence-corrected chi connectivity index (χ2v) is 5.65. The maximum Gasteiger partial charge on any atom is 0.243 e. The molecule has 0 aliphatic heterocycles. The van der Waals surface area contributed by atoms with Crippen LogP contribution in [-0.2, 0) is 0 Å². The van der Waals surface area contributed by atoms with Crippen LogP contribution in [0.2, 0.25) is 0 Å². The first kappa shape index (κ1) is 13.8. The summed E-state index contributed by atoms with van der Waals surface area (Å²) in [7, 11) is 4.16. The summed E-state index contributed by atoms with van der Waals surface area (Å²) in [4.78, 5) is 6.74. The van der Waals surface area contributed by atoms with E-state index in [9.17, 15) is 0 Å². The molecule has 2 aromatic heterocycles. The van der Waals surface area contributed by atoms with Gasteiger partial charge in [-0.15, -0.1) is 5.10 Å². The summed E-state index contributed by atoms with van der Waals surface area (Å²) in [6.45, 7) is 7.43. The number of likely N-dealkylation sites (N-methyl/N-ethyl adjacent to an activating group) is 1. The predicted molar refractivity (Wildman–Crippen MR) is 78.5 cm³/mol. The Kier molecular flexibility index (Phi) is 4.04. The van der Waals surface area contributed by atoms with Gasteiger partial charge in [0.15, 0.2) is 5.65 Å². The number of nitrogens with one attached hydrogen (secondary N) is 1. The van der Waals surface area contributed by atoms with Crippen molar-refractivity contribution in [3.8, 4) is 0 Å². The molecule has 19 heavy (non-hydrogen) atoms. The van der Waals surface area contributed by atoms with E-state index in [1.165, 1.54) is 0 Å². The zero-order valence-electron chi connectivity index (χ0n) is 12.4. The highest BCUT2D eigenvalue weighted by Gasteiger charge is 2.16. The number of aromatic nitrogens is 3. The Hall–Kier alpha value is -1.62. The number of hydrogen-bond donors (Lipinski definition) is 1. The van der Waals surface area contributed by atoms with E-state index in [0.717, 1.165) is 17.8 Å². The Morgan fingerprint density at radius 1 is 1.37 bits per heavy atom. The molecule has 0 spiro atoms. The molecule has 2 heterocycles. The molecule has 0 aliphatic carbocycles. The van der Waals surface area contributed by atoms with Gasteiger partial charge in [-0.05, 0) is 38.6 Å². The predicted octanol–water partition coefficient (Wildman–Crippen LogP) is 2.04. The summed E-state index contributed by atoms with van der Waals surface area (Å²) < 4.78 is 1.82. The Balaban J connectivity index is 2.21. The van der Waals surface area contributed by atoms with Crippen molar-refractivity contribution in [2.24, 2.45) is 5.92 Å². The highest BCUT2D eigenvalue weighted by Crippen LogP contribution is 2.13. The Morgan fingerprint density at radius 3 is 2.68 bits per heavy atom. The van der Waals surface area contributed by atoms with Gasteiger partial charge in [0.1, 0.15) is 0 Å². The van der Waals surface area contributed by atoms with Crippen molar-refractivity contribution in [2.45, 2.75) is 26.8 Å². The lowest BCUT2D eigenvalue weighted by Gasteiger charge is -2.24. The van der Waals surface area contributed by atoms with Crippen LogP contribution >= 0.6 is 0 Å². The molecule has 2 rings (SSSR count). The second kappa shape index (κ2) is 5.57. The molecule has 0 aromatic carbocycles. The third kappa shape index (κ3) is 3.23. The number of pyridine rings is 1. The number of rotatable bonds is 5. The number of fused-ring (bicyclic) bond motifs is 1. The lowest BCUT2D eigenvalue weighted by Crippen LogP contribution is -2.36. The summed E-state index contributed by atoms with van der Waals surface area (Å²) in [5.74, 6) is 1.23. The number of aryl methyl sites for hydroxylation is 1. The second-order valence-electron chi connectivity index (χ2n) is 5.65. The Morgan fingerprint density at radius 2 is 2.11 bits per heavy atom. The third-order valence-electron chi connectivity index (χ3n) is 3.24. The van der Waals surface area contributed by atoms with Gasteiger partial charge in [0, 0.05) is 18.8 Å². The van der Waals surface area contributed by atoms with Gasteiger partial charge < -0.3 is 10.2 Å². The molecule has 104 valence electrons. The van der Waals surface area contributed by atoms with Gasteiger partial charge in [0.2, 0.25) is 5.95 Å². The van der Waals surface area contributed by atoms with Crippen LogP contribution in [-0.4, -0.2) is 46.2 Å². The fraction of sp³-hybridized carbons (Fsp3) is 0.571. The zero-order chi connectivity index (χ0) is 14.0. The molecule has 1 N–H and O–H groups in total. The fourth-order valence-electron chi connectivity index (χ4n) is 2.08. The summed E-state index contributed by atoms with van der Waals surface area (Å²) in [6, 6.07) is 4.38. The van der Waals surface area contributed by atoms with Crippen LogP contribution in [0.3, 0.4) is 0 Å². The van der Waals surface area contributed by atoms with Crippen molar-refractivity contribution >= 4 is 11.6 Å². The molecular weight excluding hydrogens is 238 g/mol. The number of nitrogens with zero attached hydrogens (tertiary/aromatic N) is 4. The van der Waals surface area contributed by atoms with Crippen molar-refractivity contribution < 1.29 is 0 Å². The van der Waals surface area contributed by atoms with E-state index >= 15 is 0 Å². The minimum atomic E-state index is 0.340. The van der Waals surface area contributed by atoms with Gasteiger partial charge in [0.05, 0.1) is 0 Å². The average molecular weight is 261 g/mol. The summed E-state index contributed by atoms with van der Waals surface area (Å²) in [6.07, 6.45) is 1.93. The minimum absolute atomic E-state index is 0.340. The molecule has 1 atom stereocenters. The lowest BCUT2D eigenvalue weighted by molar-refractivity contribution is 0.343. The van der Waals surface area contributed by atoms with E-state index < -0.39 is 0 Å². The fourth-order valence-corrected chi connectivity index (χ4v) is 2.08. The van der Waals surface area contributed by atoms with Gasteiger partial charge in [-0.25, -0.2) is 4.52 Å². The SMILES string of the molecule is Cc1cccn2nc(NC(CN(C)C)C(C)C)nc12. The van der Waals surface area contributed by atoms with Crippen LogP contribution < -0.4 is 5.32 Å². The first-order chi connectivity index (χ1) is 8.97. The van der Waals surface area contributed by atoms with Crippen LogP contribution in [0, 0.1) is 12.8 Å². The Labute approximate surface area is 114 Å². The quantitative estimate of drug-likeness (QED) is 0.894. The first-order valence-electron chi connectivity index (χ1n) is 6.70. The van der Waals surface area contributed by atoms with Crippen LogP contribution in [0.5, 0.6) is 0 Å². The van der Waals surface area contributed by atoms with E-state index in [0.29, 0.717) is 17.9 Å². The largest absolute Gasteiger partial charge is 0.349 e. The van der Waals surface area contributed by atoms with Crippen LogP contribution in [0.1, 0.15) is 19.4 Å². The molecule has 1 unspecified atom stereocenters. The highest BCUT2D eigenvalue weighted by atomic mass is 15.4. The van der Waals surface area contributed by atoms with Crippen molar-refractivity contribution in [1.82, 2.24) is 19.5 Å². The zero-order valence-corrected chi connectivity index (χ0v) is 12.4. The number of anilines is 1. The van der Waals surface area contributed by atoms with E-state index in [-0.39, 0.29) is 0 Å². The molecule has 0 saturated carbocycles. The van der Waals surface area contributed by atoms with Crippen molar-refractivity contribution in [2.75, 3.05) is 26.0 Å². The van der Waals surface area contributed by atoms with Gasteiger partial charge in [-0.3, -0.25) is 0 Å². The van der Waals surface area contributed by atoms with Crippen molar-refractivity contribution in [1.29, 1.82) is 0 Å². The number of hydrogen-bond acceptors (Lipinski definition) is 4. The average Bonchev–Trinajstić information content (AvgIpc) is 2.71. The molecule has 5 nitrogen and oxygen atoms in total. The van der Waals surface area contributed by atoms with Gasteiger partial charge in [-0.2, -0.15) is 4.98 Å². The van der Waals surface area contributed by atoms with Crippen molar-refractivity contribution in [3.05, 3.63) is 23.9 Å². The molecule has 0 fully saturated rings. The molecule has 2 aromatic rings. The monoisotopic (exact) mass is 261 g/mol. The molecule has 0 bridgehead atoms. The molecule has 0 aliphatic rings. The maximum atomic E-state index is 4.56. The van der Waals surface area contributed by atoms with Gasteiger partial charge in [-0.1, -0.05) is 19.9 Å². The van der Waals surface area contributed by atoms with Crippen LogP contribution in [0.4, 0.5) is 5.95 Å². The van der Waals surface area contributed by atoms with E-state index in [1.54, 1.807) is 0 Å². The smallest absolute Gasteiger partial charge is 0.243 e. The standard InChI is InChI=1S/C14H23N5/c1-10(2)12(9-18(4)5)15-14-16-13-11(3)7-6-8-19(13)17-14/h6-8,10,12H,9H2,1-5H3,(H,15,17). The lowest BCUT2D eigenvalue weighted by atomic mass is 10.0. The summed E-state index contributed by atoms with van der Waals surface area (Å²) in [5, 5.41) is 7.92. The molecule has 0 amide bonds. The topological polar surface area (TPSA) is 45.5 Å². The molecule has 5 heteroatoms. The first-order valence-corrected chi connectivity index (χ1v) is 6.70. The minimum Gasteiger partial charge on any atom is -0.349 e. The third-order valence-corrected chi connectivity index (χ3v) is 3.24. The van der Waals surface area contributed by atoms with Crippen LogP contribution in [0.25, 0.3) is 5.65 Å². The normalized spacial score (nSPS) is 13.4. The van der Waals surface area contributed by atoms with Gasteiger partial charge >= 0.3 is 0 Å². The van der Waals surface area contributed by atoms with Crippen LogP contribution in [0.15, 0.2) is 18.3 Å². The highest BCUT2D eigenvalue weighted by molar-refractivity contribution is 5.50. The summed E-state index contributed by atoms with van der Waals surface area (Å²) >= 11 is 0. The maximum absolute atomic E-state index is 4.56. The van der Waals surface area contributed by atoms with E-state index in [4.69, 9.17) is 0 Å². The molecule has 0 radical (unpaired) electrons. The molecular formula is C14H23N5. The summed E-state index contributed by atoms with van der Waals surface area (Å²) in [5.41, 5.74) is 2.05. The van der Waals surface area contributed by atoms with Crippen molar-refractivity contribution in [3.63, 3.8) is 0 Å². The van der Waals surface area contributed by atoms with E-state index in [2.05, 4.69) is 48.2 Å².